The van der Waals surface area contributed by atoms with Crippen molar-refractivity contribution >= 4 is 29.4 Å². The van der Waals surface area contributed by atoms with Gasteiger partial charge in [0.05, 0.1) is 11.5 Å². The van der Waals surface area contributed by atoms with E-state index in [4.69, 9.17) is 0 Å². The van der Waals surface area contributed by atoms with Crippen LogP contribution in [0.25, 0.3) is 5.69 Å². The molecule has 1 amide bonds. The van der Waals surface area contributed by atoms with Crippen molar-refractivity contribution in [2.75, 3.05) is 12.3 Å². The molecule has 0 spiro atoms. The second-order valence-corrected chi connectivity index (χ2v) is 9.15. The van der Waals surface area contributed by atoms with Gasteiger partial charge in [-0.1, -0.05) is 61.5 Å². The quantitative estimate of drug-likeness (QED) is 0.501. The van der Waals surface area contributed by atoms with Crippen LogP contribution in [-0.2, 0) is 10.5 Å². The summed E-state index contributed by atoms with van der Waals surface area (Å²) in [6.45, 7) is 6.93. The summed E-state index contributed by atoms with van der Waals surface area (Å²) in [6.07, 6.45) is 0. The summed E-state index contributed by atoms with van der Waals surface area (Å²) < 4.78 is 2.04. The van der Waals surface area contributed by atoms with Gasteiger partial charge in [0.15, 0.2) is 5.16 Å². The van der Waals surface area contributed by atoms with Gasteiger partial charge in [-0.25, -0.2) is 0 Å². The number of nitrogens with zero attached hydrogens (tertiary/aromatic N) is 3. The van der Waals surface area contributed by atoms with Gasteiger partial charge in [-0.05, 0) is 37.1 Å². The van der Waals surface area contributed by atoms with Crippen molar-refractivity contribution < 1.29 is 4.79 Å². The number of carbonyl (C=O) groups excluding carboxylic acids is 1. The van der Waals surface area contributed by atoms with Crippen LogP contribution in [0.3, 0.4) is 0 Å². The molecule has 5 nitrogen and oxygen atoms in total. The summed E-state index contributed by atoms with van der Waals surface area (Å²) in [5.74, 6) is 2.34. The molecule has 152 valence electrons. The highest BCUT2D eigenvalue weighted by Crippen LogP contribution is 2.27. The number of hydrogen-bond donors (Lipinski definition) is 1. The fourth-order valence-electron chi connectivity index (χ4n) is 2.61. The molecular formula is C22H26N4OS2. The van der Waals surface area contributed by atoms with Crippen molar-refractivity contribution in [3.05, 3.63) is 66.0 Å². The molecule has 0 aliphatic carbocycles. The Hall–Kier alpha value is -2.25. The molecule has 1 heterocycles. The van der Waals surface area contributed by atoms with Gasteiger partial charge in [0, 0.05) is 17.1 Å². The number of aryl methyl sites for hydroxylation is 1. The molecule has 3 aromatic rings. The summed E-state index contributed by atoms with van der Waals surface area (Å²) >= 11 is 3.14. The van der Waals surface area contributed by atoms with Gasteiger partial charge in [0.25, 0.3) is 0 Å². The molecule has 0 saturated heterocycles. The first-order chi connectivity index (χ1) is 14.0. The van der Waals surface area contributed by atoms with Gasteiger partial charge in [0.1, 0.15) is 5.82 Å². The van der Waals surface area contributed by atoms with Crippen molar-refractivity contribution in [1.82, 2.24) is 20.1 Å². The molecule has 0 saturated carbocycles. The van der Waals surface area contributed by atoms with E-state index in [0.29, 0.717) is 24.0 Å². The summed E-state index contributed by atoms with van der Waals surface area (Å²) in [6, 6.07) is 18.5. The van der Waals surface area contributed by atoms with E-state index in [2.05, 4.69) is 60.6 Å². The largest absolute Gasteiger partial charge is 0.355 e. The first-order valence-electron chi connectivity index (χ1n) is 9.61. The minimum Gasteiger partial charge on any atom is -0.355 e. The Morgan fingerprint density at radius 1 is 1.03 bits per heavy atom. The average molecular weight is 427 g/mol. The highest BCUT2D eigenvalue weighted by atomic mass is 32.2. The average Bonchev–Trinajstić information content (AvgIpc) is 3.13. The molecule has 0 atom stereocenters. The molecule has 1 aromatic heterocycles. The normalized spacial score (nSPS) is 11.0. The van der Waals surface area contributed by atoms with E-state index >= 15 is 0 Å². The Labute approximate surface area is 180 Å². The Morgan fingerprint density at radius 2 is 1.76 bits per heavy atom. The predicted molar refractivity (Wildman–Crippen MR) is 121 cm³/mol. The third-order valence-electron chi connectivity index (χ3n) is 4.14. The summed E-state index contributed by atoms with van der Waals surface area (Å²) in [5, 5.41) is 12.5. The van der Waals surface area contributed by atoms with Crippen LogP contribution in [0.5, 0.6) is 0 Å². The molecule has 0 radical (unpaired) electrons. The maximum Gasteiger partial charge on any atom is 0.230 e. The van der Waals surface area contributed by atoms with E-state index in [1.54, 1.807) is 11.8 Å². The molecule has 0 fully saturated rings. The molecule has 7 heteroatoms. The van der Waals surface area contributed by atoms with Crippen LogP contribution in [-0.4, -0.2) is 33.0 Å². The number of rotatable bonds is 9. The van der Waals surface area contributed by atoms with Crippen LogP contribution in [0, 0.1) is 12.8 Å². The van der Waals surface area contributed by atoms with Gasteiger partial charge in [0.2, 0.25) is 5.91 Å². The van der Waals surface area contributed by atoms with Crippen LogP contribution in [0.15, 0.2) is 64.6 Å². The lowest BCUT2D eigenvalue weighted by Gasteiger charge is -2.11. The Bertz CT molecular complexity index is 924. The molecule has 0 unspecified atom stereocenters. The SMILES string of the molecule is Cc1ccc(SCc2nnc(SCC(=O)NCC(C)C)n2-c2ccccc2)cc1. The van der Waals surface area contributed by atoms with E-state index in [1.807, 2.05) is 34.9 Å². The van der Waals surface area contributed by atoms with Crippen molar-refractivity contribution in [3.63, 3.8) is 0 Å². The number of para-hydroxylation sites is 1. The van der Waals surface area contributed by atoms with Crippen LogP contribution in [0.1, 0.15) is 25.2 Å². The van der Waals surface area contributed by atoms with Gasteiger partial charge in [-0.15, -0.1) is 22.0 Å². The van der Waals surface area contributed by atoms with Crippen LogP contribution < -0.4 is 5.32 Å². The topological polar surface area (TPSA) is 59.8 Å². The van der Waals surface area contributed by atoms with E-state index in [0.717, 1.165) is 16.7 Å². The summed E-state index contributed by atoms with van der Waals surface area (Å²) in [7, 11) is 0. The minimum atomic E-state index is 0.0156. The van der Waals surface area contributed by atoms with E-state index in [-0.39, 0.29) is 5.91 Å². The summed E-state index contributed by atoms with van der Waals surface area (Å²) in [5.41, 5.74) is 2.25. The lowest BCUT2D eigenvalue weighted by Crippen LogP contribution is -2.28. The van der Waals surface area contributed by atoms with Crippen molar-refractivity contribution in [2.45, 2.75) is 36.6 Å². The van der Waals surface area contributed by atoms with Gasteiger partial charge < -0.3 is 5.32 Å². The molecule has 29 heavy (non-hydrogen) atoms. The lowest BCUT2D eigenvalue weighted by molar-refractivity contribution is -0.118. The molecule has 2 aromatic carbocycles. The van der Waals surface area contributed by atoms with Crippen molar-refractivity contribution in [2.24, 2.45) is 5.92 Å². The van der Waals surface area contributed by atoms with E-state index in [9.17, 15) is 4.79 Å². The number of carbonyl (C=O) groups is 1. The van der Waals surface area contributed by atoms with Crippen LogP contribution >= 0.6 is 23.5 Å². The first kappa shape index (κ1) is 21.5. The number of thioether (sulfide) groups is 2. The van der Waals surface area contributed by atoms with Gasteiger partial charge in [-0.2, -0.15) is 0 Å². The number of nitrogens with one attached hydrogen (secondary N) is 1. The third-order valence-corrected chi connectivity index (χ3v) is 6.08. The maximum absolute atomic E-state index is 12.1. The zero-order valence-corrected chi connectivity index (χ0v) is 18.6. The zero-order chi connectivity index (χ0) is 20.6. The van der Waals surface area contributed by atoms with E-state index in [1.165, 1.54) is 22.2 Å². The molecule has 1 N–H and O–H groups in total. The number of hydrogen-bond acceptors (Lipinski definition) is 5. The smallest absolute Gasteiger partial charge is 0.230 e. The monoisotopic (exact) mass is 426 g/mol. The molecule has 0 aliphatic heterocycles. The fraction of sp³-hybridized carbons (Fsp3) is 0.318. The highest BCUT2D eigenvalue weighted by Gasteiger charge is 2.16. The van der Waals surface area contributed by atoms with E-state index < -0.39 is 0 Å². The molecule has 0 aliphatic rings. The van der Waals surface area contributed by atoms with Crippen molar-refractivity contribution in [1.29, 1.82) is 0 Å². The Morgan fingerprint density at radius 3 is 2.45 bits per heavy atom. The summed E-state index contributed by atoms with van der Waals surface area (Å²) in [4.78, 5) is 13.3. The Balaban J connectivity index is 1.74. The third kappa shape index (κ3) is 6.37. The van der Waals surface area contributed by atoms with Crippen LogP contribution in [0.2, 0.25) is 0 Å². The standard InChI is InChI=1S/C22H26N4OS2/c1-16(2)13-23-21(27)15-29-22-25-24-20(26(22)18-7-5-4-6-8-18)14-28-19-11-9-17(3)10-12-19/h4-12,16H,13-15H2,1-3H3,(H,23,27). The van der Waals surface area contributed by atoms with Gasteiger partial charge in [-0.3, -0.25) is 9.36 Å². The first-order valence-corrected chi connectivity index (χ1v) is 11.6. The zero-order valence-electron chi connectivity index (χ0n) is 17.0. The second-order valence-electron chi connectivity index (χ2n) is 7.16. The Kier molecular flexibility index (Phi) is 7.77. The van der Waals surface area contributed by atoms with Crippen LogP contribution in [0.4, 0.5) is 0 Å². The maximum atomic E-state index is 12.1. The van der Waals surface area contributed by atoms with Gasteiger partial charge >= 0.3 is 0 Å². The predicted octanol–water partition coefficient (Wildman–Crippen LogP) is 4.73. The number of aromatic nitrogens is 3. The molecular weight excluding hydrogens is 400 g/mol. The fourth-order valence-corrected chi connectivity index (χ4v) is 4.22. The lowest BCUT2D eigenvalue weighted by atomic mass is 10.2. The highest BCUT2D eigenvalue weighted by molar-refractivity contribution is 7.99. The minimum absolute atomic E-state index is 0.0156. The number of amides is 1. The molecule has 0 bridgehead atoms. The molecule has 3 rings (SSSR count). The second kappa shape index (κ2) is 10.5. The number of benzene rings is 2. The van der Waals surface area contributed by atoms with Crippen molar-refractivity contribution in [3.8, 4) is 5.69 Å².